The van der Waals surface area contributed by atoms with Crippen molar-refractivity contribution in [3.05, 3.63) is 42.7 Å². The molecule has 0 saturated carbocycles. The van der Waals surface area contributed by atoms with Gasteiger partial charge >= 0.3 is 0 Å². The Balaban J connectivity index is 1.74. The molecule has 0 aliphatic carbocycles. The molecule has 1 N–H and O–H groups in total. The van der Waals surface area contributed by atoms with Crippen LogP contribution < -0.4 is 5.32 Å². The SMILES string of the molecule is c1ccc2c(NCCc3ncon3)cnnc2c1. The summed E-state index contributed by atoms with van der Waals surface area (Å²) in [4.78, 5) is 3.96. The second-order valence-electron chi connectivity index (χ2n) is 3.80. The summed E-state index contributed by atoms with van der Waals surface area (Å²) >= 11 is 0. The van der Waals surface area contributed by atoms with Gasteiger partial charge in [0.25, 0.3) is 0 Å². The number of fused-ring (bicyclic) bond motifs is 1. The zero-order valence-corrected chi connectivity index (χ0v) is 9.58. The third-order valence-corrected chi connectivity index (χ3v) is 2.62. The highest BCUT2D eigenvalue weighted by atomic mass is 16.5. The van der Waals surface area contributed by atoms with Crippen LogP contribution in [-0.4, -0.2) is 26.9 Å². The molecule has 2 aromatic heterocycles. The van der Waals surface area contributed by atoms with Crippen LogP contribution in [0.25, 0.3) is 10.9 Å². The molecular formula is C12H11N5O. The molecule has 0 aliphatic heterocycles. The number of hydrogen-bond donors (Lipinski definition) is 1. The molecule has 0 spiro atoms. The van der Waals surface area contributed by atoms with Crippen LogP contribution in [0.5, 0.6) is 0 Å². The van der Waals surface area contributed by atoms with Gasteiger partial charge in [-0.25, -0.2) is 0 Å². The maximum absolute atomic E-state index is 4.68. The van der Waals surface area contributed by atoms with Crippen LogP contribution in [0.4, 0.5) is 5.69 Å². The molecule has 0 saturated heterocycles. The molecule has 6 heteroatoms. The Morgan fingerprint density at radius 1 is 1.22 bits per heavy atom. The van der Waals surface area contributed by atoms with Crippen LogP contribution in [0.1, 0.15) is 5.82 Å². The second kappa shape index (κ2) is 4.79. The van der Waals surface area contributed by atoms with Crippen molar-refractivity contribution >= 4 is 16.6 Å². The van der Waals surface area contributed by atoms with Gasteiger partial charge in [0.15, 0.2) is 5.82 Å². The Bertz CT molecular complexity index is 633. The first-order chi connectivity index (χ1) is 8.93. The monoisotopic (exact) mass is 241 g/mol. The molecule has 3 rings (SSSR count). The predicted octanol–water partition coefficient (Wildman–Crippen LogP) is 1.67. The summed E-state index contributed by atoms with van der Waals surface area (Å²) in [5.74, 6) is 0.689. The van der Waals surface area contributed by atoms with Crippen molar-refractivity contribution < 1.29 is 4.52 Å². The summed E-state index contributed by atoms with van der Waals surface area (Å²) in [6, 6.07) is 7.88. The van der Waals surface area contributed by atoms with E-state index in [9.17, 15) is 0 Å². The minimum Gasteiger partial charge on any atom is -0.383 e. The van der Waals surface area contributed by atoms with Crippen molar-refractivity contribution in [1.82, 2.24) is 20.3 Å². The molecule has 0 unspecified atom stereocenters. The van der Waals surface area contributed by atoms with Gasteiger partial charge in [-0.3, -0.25) is 0 Å². The van der Waals surface area contributed by atoms with Crippen LogP contribution in [0.2, 0.25) is 0 Å². The summed E-state index contributed by atoms with van der Waals surface area (Å²) in [6.07, 6.45) is 3.75. The Labute approximate surface area is 103 Å². The van der Waals surface area contributed by atoms with Gasteiger partial charge in [0, 0.05) is 18.4 Å². The van der Waals surface area contributed by atoms with Gasteiger partial charge in [0.05, 0.1) is 17.4 Å². The third-order valence-electron chi connectivity index (χ3n) is 2.62. The van der Waals surface area contributed by atoms with Gasteiger partial charge < -0.3 is 9.84 Å². The highest BCUT2D eigenvalue weighted by Crippen LogP contribution is 2.19. The van der Waals surface area contributed by atoms with E-state index in [0.717, 1.165) is 23.1 Å². The Hall–Kier alpha value is -2.50. The van der Waals surface area contributed by atoms with E-state index < -0.39 is 0 Å². The van der Waals surface area contributed by atoms with Gasteiger partial charge in [-0.15, -0.1) is 0 Å². The predicted molar refractivity (Wildman–Crippen MR) is 66.0 cm³/mol. The second-order valence-corrected chi connectivity index (χ2v) is 3.80. The summed E-state index contributed by atoms with van der Waals surface area (Å²) in [5.41, 5.74) is 1.84. The first-order valence-electron chi connectivity index (χ1n) is 5.63. The molecule has 0 radical (unpaired) electrons. The smallest absolute Gasteiger partial charge is 0.213 e. The molecule has 0 atom stereocenters. The summed E-state index contributed by atoms with van der Waals surface area (Å²) in [6.45, 7) is 0.717. The quantitative estimate of drug-likeness (QED) is 0.748. The van der Waals surface area contributed by atoms with Crippen molar-refractivity contribution in [2.24, 2.45) is 0 Å². The third kappa shape index (κ3) is 2.13. The van der Waals surface area contributed by atoms with E-state index in [1.54, 1.807) is 6.20 Å². The van der Waals surface area contributed by atoms with Crippen molar-refractivity contribution in [2.45, 2.75) is 6.42 Å². The maximum atomic E-state index is 4.68. The average Bonchev–Trinajstić information content (AvgIpc) is 2.92. The molecule has 0 amide bonds. The minimum atomic E-state index is 0.689. The highest BCUT2D eigenvalue weighted by molar-refractivity contribution is 5.90. The Morgan fingerprint density at radius 3 is 3.06 bits per heavy atom. The van der Waals surface area contributed by atoms with Crippen molar-refractivity contribution in [3.63, 3.8) is 0 Å². The van der Waals surface area contributed by atoms with Crippen LogP contribution in [-0.2, 0) is 6.42 Å². The van der Waals surface area contributed by atoms with Crippen molar-refractivity contribution in [2.75, 3.05) is 11.9 Å². The lowest BCUT2D eigenvalue weighted by Gasteiger charge is -2.06. The highest BCUT2D eigenvalue weighted by Gasteiger charge is 2.02. The van der Waals surface area contributed by atoms with E-state index in [1.807, 2.05) is 24.3 Å². The molecule has 0 fully saturated rings. The Morgan fingerprint density at radius 2 is 2.17 bits per heavy atom. The fourth-order valence-electron chi connectivity index (χ4n) is 1.76. The first-order valence-corrected chi connectivity index (χ1v) is 5.63. The number of anilines is 1. The van der Waals surface area contributed by atoms with E-state index in [0.29, 0.717) is 12.2 Å². The lowest BCUT2D eigenvalue weighted by molar-refractivity contribution is 0.410. The lowest BCUT2D eigenvalue weighted by Crippen LogP contribution is -2.07. The van der Waals surface area contributed by atoms with Gasteiger partial charge in [0.1, 0.15) is 0 Å². The van der Waals surface area contributed by atoms with Crippen LogP contribution in [0, 0.1) is 0 Å². The number of aromatic nitrogens is 4. The first kappa shape index (κ1) is 10.6. The van der Waals surface area contributed by atoms with Crippen LogP contribution >= 0.6 is 0 Å². The van der Waals surface area contributed by atoms with E-state index in [4.69, 9.17) is 0 Å². The maximum Gasteiger partial charge on any atom is 0.213 e. The van der Waals surface area contributed by atoms with Crippen molar-refractivity contribution in [3.8, 4) is 0 Å². The van der Waals surface area contributed by atoms with Gasteiger partial charge in [0.2, 0.25) is 6.39 Å². The van der Waals surface area contributed by atoms with E-state index >= 15 is 0 Å². The molecule has 0 bridgehead atoms. The van der Waals surface area contributed by atoms with Gasteiger partial charge in [-0.05, 0) is 6.07 Å². The molecule has 6 nitrogen and oxygen atoms in total. The largest absolute Gasteiger partial charge is 0.383 e. The molecule has 2 heterocycles. The van der Waals surface area contributed by atoms with Gasteiger partial charge in [-0.1, -0.05) is 23.4 Å². The standard InChI is InChI=1S/C12H11N5O/c1-2-4-10-9(3-1)11(7-15-16-10)13-6-5-12-14-8-18-17-12/h1-4,7-8H,5-6H2,(H,13,16). The lowest BCUT2D eigenvalue weighted by atomic mass is 10.2. The number of hydrogen-bond acceptors (Lipinski definition) is 6. The molecule has 90 valence electrons. The molecular weight excluding hydrogens is 230 g/mol. The fraction of sp³-hybridized carbons (Fsp3) is 0.167. The molecule has 18 heavy (non-hydrogen) atoms. The van der Waals surface area contributed by atoms with E-state index in [2.05, 4.69) is 30.2 Å². The summed E-state index contributed by atoms with van der Waals surface area (Å²) < 4.78 is 4.68. The number of rotatable bonds is 4. The molecule has 1 aromatic carbocycles. The normalized spacial score (nSPS) is 10.7. The van der Waals surface area contributed by atoms with E-state index in [-0.39, 0.29) is 0 Å². The minimum absolute atomic E-state index is 0.689. The number of nitrogens with one attached hydrogen (secondary N) is 1. The van der Waals surface area contributed by atoms with Crippen LogP contribution in [0.15, 0.2) is 41.4 Å². The van der Waals surface area contributed by atoms with E-state index in [1.165, 1.54) is 6.39 Å². The number of benzene rings is 1. The number of nitrogens with zero attached hydrogens (tertiary/aromatic N) is 4. The molecule has 3 aromatic rings. The van der Waals surface area contributed by atoms with Crippen molar-refractivity contribution in [1.29, 1.82) is 0 Å². The zero-order chi connectivity index (χ0) is 12.2. The average molecular weight is 241 g/mol. The van der Waals surface area contributed by atoms with Crippen LogP contribution in [0.3, 0.4) is 0 Å². The fourth-order valence-corrected chi connectivity index (χ4v) is 1.76. The zero-order valence-electron chi connectivity index (χ0n) is 9.58. The topological polar surface area (TPSA) is 76.7 Å². The summed E-state index contributed by atoms with van der Waals surface area (Å²) in [7, 11) is 0. The Kier molecular flexibility index (Phi) is 2.83. The van der Waals surface area contributed by atoms with Gasteiger partial charge in [-0.2, -0.15) is 15.2 Å². The summed E-state index contributed by atoms with van der Waals surface area (Å²) in [5, 5.41) is 16.1. The molecule has 0 aliphatic rings.